The molecule has 1 heterocycles. The number of nitrogens with zero attached hydrogens (tertiary/aromatic N) is 1. The Bertz CT molecular complexity index is 564. The topological polar surface area (TPSA) is 67.9 Å². The van der Waals surface area contributed by atoms with Crippen molar-refractivity contribution in [1.82, 2.24) is 5.32 Å². The molecular formula is C20H30N2O4. The first-order chi connectivity index (χ1) is 12.6. The number of para-hydroxylation sites is 1. The van der Waals surface area contributed by atoms with Gasteiger partial charge in [0, 0.05) is 25.7 Å². The number of amides is 1. The zero-order valence-electron chi connectivity index (χ0n) is 15.8. The summed E-state index contributed by atoms with van der Waals surface area (Å²) in [5.74, 6) is -0.223. The normalized spacial score (nSPS) is 18.9. The Morgan fingerprint density at radius 2 is 1.92 bits per heavy atom. The minimum absolute atomic E-state index is 0.0971. The fourth-order valence-corrected chi connectivity index (χ4v) is 3.01. The van der Waals surface area contributed by atoms with Gasteiger partial charge in [-0.2, -0.15) is 0 Å². The van der Waals surface area contributed by atoms with Crippen molar-refractivity contribution < 1.29 is 19.1 Å². The largest absolute Gasteiger partial charge is 0.462 e. The third-order valence-electron chi connectivity index (χ3n) is 4.57. The zero-order chi connectivity index (χ0) is 18.8. The number of nitrogens with one attached hydrogen (secondary N) is 1. The van der Waals surface area contributed by atoms with E-state index < -0.39 is 12.2 Å². The van der Waals surface area contributed by atoms with Crippen LogP contribution in [0.5, 0.6) is 0 Å². The number of carbonyl (C=O) groups excluding carboxylic acids is 2. The molecule has 2 rings (SSSR count). The van der Waals surface area contributed by atoms with E-state index in [4.69, 9.17) is 9.47 Å². The maximum atomic E-state index is 11.9. The lowest BCUT2D eigenvalue weighted by Gasteiger charge is -2.25. The van der Waals surface area contributed by atoms with Gasteiger partial charge in [-0.3, -0.25) is 4.79 Å². The lowest BCUT2D eigenvalue weighted by atomic mass is 10.1. The van der Waals surface area contributed by atoms with Crippen LogP contribution in [0, 0.1) is 0 Å². The first kappa shape index (κ1) is 20.1. The van der Waals surface area contributed by atoms with Crippen molar-refractivity contribution in [1.29, 1.82) is 0 Å². The molecule has 6 heteroatoms. The van der Waals surface area contributed by atoms with Crippen LogP contribution >= 0.6 is 0 Å². The molecule has 0 aliphatic carbocycles. The van der Waals surface area contributed by atoms with E-state index >= 15 is 0 Å². The van der Waals surface area contributed by atoms with Crippen LogP contribution in [-0.2, 0) is 14.3 Å². The van der Waals surface area contributed by atoms with Crippen molar-refractivity contribution >= 4 is 17.7 Å². The molecular weight excluding hydrogens is 332 g/mol. The summed E-state index contributed by atoms with van der Waals surface area (Å²) in [5, 5.41) is 2.80. The highest BCUT2D eigenvalue weighted by Crippen LogP contribution is 2.16. The van der Waals surface area contributed by atoms with E-state index in [1.54, 1.807) is 0 Å². The van der Waals surface area contributed by atoms with E-state index in [1.165, 1.54) is 12.8 Å². The van der Waals surface area contributed by atoms with Crippen LogP contribution in [0.2, 0.25) is 0 Å². The van der Waals surface area contributed by atoms with Gasteiger partial charge in [-0.15, -0.1) is 0 Å². The molecule has 26 heavy (non-hydrogen) atoms. The van der Waals surface area contributed by atoms with Crippen LogP contribution in [0.25, 0.3) is 0 Å². The quantitative estimate of drug-likeness (QED) is 0.482. The fourth-order valence-electron chi connectivity index (χ4n) is 3.01. The average molecular weight is 362 g/mol. The van der Waals surface area contributed by atoms with Crippen molar-refractivity contribution in [3.8, 4) is 0 Å². The number of hydrogen-bond donors (Lipinski definition) is 1. The van der Waals surface area contributed by atoms with Crippen LogP contribution in [-0.4, -0.2) is 44.4 Å². The molecule has 1 aromatic rings. The first-order valence-electron chi connectivity index (χ1n) is 9.49. The van der Waals surface area contributed by atoms with Crippen molar-refractivity contribution in [2.24, 2.45) is 0 Å². The summed E-state index contributed by atoms with van der Waals surface area (Å²) in [7, 11) is 1.96. The highest BCUT2D eigenvalue weighted by molar-refractivity contribution is 5.71. The summed E-state index contributed by atoms with van der Waals surface area (Å²) in [4.78, 5) is 25.5. The molecule has 0 aromatic heterocycles. The van der Waals surface area contributed by atoms with Gasteiger partial charge in [0.1, 0.15) is 6.61 Å². The number of carbonyl (C=O) groups is 2. The second-order valence-corrected chi connectivity index (χ2v) is 6.76. The highest BCUT2D eigenvalue weighted by Gasteiger charge is 2.35. The molecule has 1 fully saturated rings. The third kappa shape index (κ3) is 6.58. The van der Waals surface area contributed by atoms with Gasteiger partial charge < -0.3 is 19.7 Å². The number of likely N-dealkylation sites (N-methyl/N-ethyl adjacent to an activating group) is 1. The van der Waals surface area contributed by atoms with Gasteiger partial charge >= 0.3 is 12.1 Å². The van der Waals surface area contributed by atoms with Crippen molar-refractivity contribution in [2.45, 2.75) is 57.6 Å². The molecule has 2 atom stereocenters. The smallest absolute Gasteiger partial charge is 0.408 e. The predicted octanol–water partition coefficient (Wildman–Crippen LogP) is 3.50. The van der Waals surface area contributed by atoms with Crippen molar-refractivity contribution in [2.75, 3.05) is 25.1 Å². The van der Waals surface area contributed by atoms with Crippen LogP contribution in [0.4, 0.5) is 10.5 Å². The summed E-state index contributed by atoms with van der Waals surface area (Å²) in [6.45, 7) is 2.84. The molecule has 1 N–H and O–H groups in total. The van der Waals surface area contributed by atoms with E-state index in [0.717, 1.165) is 24.9 Å². The maximum absolute atomic E-state index is 11.9. The first-order valence-corrected chi connectivity index (χ1v) is 9.49. The number of unbranched alkanes of at least 4 members (excludes halogenated alkanes) is 4. The molecule has 1 aliphatic heterocycles. The van der Waals surface area contributed by atoms with Crippen molar-refractivity contribution in [3.63, 3.8) is 0 Å². The summed E-state index contributed by atoms with van der Waals surface area (Å²) in [6, 6.07) is 9.69. The minimum Gasteiger partial charge on any atom is -0.462 e. The molecule has 0 bridgehead atoms. The Hall–Kier alpha value is -2.24. The SMILES string of the molecule is CCCCCCCC(=O)OC[C@H]1OC(=O)N[C@@H]1CN(C)c1ccccc1. The Balaban J connectivity index is 1.74. The van der Waals surface area contributed by atoms with Crippen LogP contribution < -0.4 is 10.2 Å². The van der Waals surface area contributed by atoms with E-state index in [-0.39, 0.29) is 18.6 Å². The van der Waals surface area contributed by atoms with Crippen LogP contribution in [0.1, 0.15) is 45.4 Å². The molecule has 1 aliphatic rings. The van der Waals surface area contributed by atoms with E-state index in [1.807, 2.05) is 42.3 Å². The van der Waals surface area contributed by atoms with Gasteiger partial charge in [0.15, 0.2) is 6.10 Å². The molecule has 0 saturated carbocycles. The molecule has 0 unspecified atom stereocenters. The van der Waals surface area contributed by atoms with Gasteiger partial charge in [-0.25, -0.2) is 4.79 Å². The van der Waals surface area contributed by atoms with Gasteiger partial charge in [0.2, 0.25) is 0 Å². The van der Waals surface area contributed by atoms with Gasteiger partial charge in [0.25, 0.3) is 0 Å². The van der Waals surface area contributed by atoms with Crippen molar-refractivity contribution in [3.05, 3.63) is 30.3 Å². The zero-order valence-corrected chi connectivity index (χ0v) is 15.8. The number of alkyl carbamates (subject to hydrolysis) is 1. The molecule has 0 spiro atoms. The Morgan fingerprint density at radius 1 is 1.19 bits per heavy atom. The van der Waals surface area contributed by atoms with Gasteiger partial charge in [-0.1, -0.05) is 50.8 Å². The molecule has 1 saturated heterocycles. The predicted molar refractivity (Wildman–Crippen MR) is 101 cm³/mol. The van der Waals surface area contributed by atoms with Crippen LogP contribution in [0.15, 0.2) is 30.3 Å². The monoisotopic (exact) mass is 362 g/mol. The molecule has 144 valence electrons. The second-order valence-electron chi connectivity index (χ2n) is 6.76. The molecule has 0 radical (unpaired) electrons. The number of hydrogen-bond acceptors (Lipinski definition) is 5. The lowest BCUT2D eigenvalue weighted by molar-refractivity contribution is -0.146. The summed E-state index contributed by atoms with van der Waals surface area (Å²) in [6.07, 6.45) is 4.94. The second kappa shape index (κ2) is 10.7. The van der Waals surface area contributed by atoms with E-state index in [2.05, 4.69) is 12.2 Å². The van der Waals surface area contributed by atoms with Crippen LogP contribution in [0.3, 0.4) is 0 Å². The Labute approximate surface area is 155 Å². The molecule has 1 amide bonds. The Morgan fingerprint density at radius 3 is 2.65 bits per heavy atom. The molecule has 1 aromatic carbocycles. The number of cyclic esters (lactones) is 1. The average Bonchev–Trinajstić information content (AvgIpc) is 2.99. The molecule has 6 nitrogen and oxygen atoms in total. The Kier molecular flexibility index (Phi) is 8.25. The van der Waals surface area contributed by atoms with E-state index in [9.17, 15) is 9.59 Å². The highest BCUT2D eigenvalue weighted by atomic mass is 16.6. The third-order valence-corrected chi connectivity index (χ3v) is 4.57. The van der Waals surface area contributed by atoms with Gasteiger partial charge in [0.05, 0.1) is 6.04 Å². The maximum Gasteiger partial charge on any atom is 0.408 e. The van der Waals surface area contributed by atoms with Gasteiger partial charge in [-0.05, 0) is 18.6 Å². The standard InChI is InChI=1S/C20H30N2O4/c1-3-4-5-6-10-13-19(23)25-15-18-17(21-20(24)26-18)14-22(2)16-11-8-7-9-12-16/h7-9,11-12,17-18H,3-6,10,13-15H2,1-2H3,(H,21,24)/t17-,18-/m1/s1. The summed E-state index contributed by atoms with van der Waals surface area (Å²) in [5.41, 5.74) is 1.05. The number of rotatable bonds is 11. The fraction of sp³-hybridized carbons (Fsp3) is 0.600. The number of esters is 1. The minimum atomic E-state index is -0.461. The number of benzene rings is 1. The number of ether oxygens (including phenoxy) is 2. The number of anilines is 1. The lowest BCUT2D eigenvalue weighted by Crippen LogP contribution is -2.43. The van der Waals surface area contributed by atoms with E-state index in [0.29, 0.717) is 13.0 Å². The summed E-state index contributed by atoms with van der Waals surface area (Å²) < 4.78 is 10.6. The summed E-state index contributed by atoms with van der Waals surface area (Å²) >= 11 is 0.